The van der Waals surface area contributed by atoms with E-state index in [9.17, 15) is 0 Å². The molecule has 0 amide bonds. The molecule has 0 aromatic heterocycles. The summed E-state index contributed by atoms with van der Waals surface area (Å²) in [5, 5.41) is 0. The largest absolute Gasteiger partial charge is 0.327 e. The van der Waals surface area contributed by atoms with Gasteiger partial charge in [-0.05, 0) is 18.2 Å². The van der Waals surface area contributed by atoms with Crippen LogP contribution in [0.2, 0.25) is 0 Å². The topological polar surface area (TPSA) is 15.2 Å². The zero-order valence-corrected chi connectivity index (χ0v) is 9.11. The number of hydrogen-bond acceptors (Lipinski definition) is 2. The van der Waals surface area contributed by atoms with Gasteiger partial charge in [0.25, 0.3) is 0 Å². The lowest BCUT2D eigenvalue weighted by Gasteiger charge is -2.23. The minimum atomic E-state index is -1.66. The molecule has 0 aromatic rings. The smallest absolute Gasteiger partial charge is 0.203 e. The first kappa shape index (κ1) is 9.10. The Kier molecular flexibility index (Phi) is 2.54. The summed E-state index contributed by atoms with van der Waals surface area (Å²) in [6, 6.07) is 0. The summed E-state index contributed by atoms with van der Waals surface area (Å²) < 4.78 is 10.4. The van der Waals surface area contributed by atoms with E-state index in [2.05, 4.69) is 16.3 Å². The molecule has 12 heavy (non-hydrogen) atoms. The van der Waals surface area contributed by atoms with Crippen molar-refractivity contribution in [1.82, 2.24) is 9.34 Å². The number of hydrogen-bond donors (Lipinski definition) is 0. The molecule has 2 saturated heterocycles. The highest BCUT2D eigenvalue weighted by molar-refractivity contribution is 8.10. The molecule has 70 valence electrons. The van der Waals surface area contributed by atoms with Crippen molar-refractivity contribution >= 4 is 18.4 Å². The van der Waals surface area contributed by atoms with Crippen LogP contribution in [0.25, 0.3) is 0 Å². The SMILES string of the molecule is CCCOP(=S)(N1CC1)N1CC1. The van der Waals surface area contributed by atoms with Gasteiger partial charge in [0.2, 0.25) is 6.57 Å². The summed E-state index contributed by atoms with van der Waals surface area (Å²) in [5.74, 6) is 0. The van der Waals surface area contributed by atoms with Crippen LogP contribution in [0.4, 0.5) is 0 Å². The van der Waals surface area contributed by atoms with Crippen molar-refractivity contribution in [3.63, 3.8) is 0 Å². The average Bonchev–Trinajstić information content (AvgIpc) is 2.92. The van der Waals surface area contributed by atoms with Crippen LogP contribution in [-0.2, 0) is 16.3 Å². The Morgan fingerprint density at radius 1 is 1.25 bits per heavy atom. The van der Waals surface area contributed by atoms with E-state index >= 15 is 0 Å². The van der Waals surface area contributed by atoms with Gasteiger partial charge >= 0.3 is 0 Å². The van der Waals surface area contributed by atoms with Gasteiger partial charge < -0.3 is 4.52 Å². The molecule has 0 N–H and O–H groups in total. The number of rotatable bonds is 5. The van der Waals surface area contributed by atoms with Crippen molar-refractivity contribution < 1.29 is 4.52 Å². The highest BCUT2D eigenvalue weighted by Crippen LogP contribution is 2.61. The van der Waals surface area contributed by atoms with Crippen molar-refractivity contribution in [2.24, 2.45) is 0 Å². The third-order valence-electron chi connectivity index (χ3n) is 2.03. The first-order chi connectivity index (χ1) is 5.77. The standard InChI is InChI=1S/C7H15N2OPS/c1-2-7-10-11(12,8-3-4-8)9-5-6-9/h2-7H2,1H3. The molecule has 2 fully saturated rings. The molecule has 2 rings (SSSR count). The lowest BCUT2D eigenvalue weighted by molar-refractivity contribution is 0.319. The molecular formula is C7H15N2OPS. The predicted octanol–water partition coefficient (Wildman–Crippen LogP) is 1.27. The van der Waals surface area contributed by atoms with E-state index in [0.717, 1.165) is 39.2 Å². The van der Waals surface area contributed by atoms with Gasteiger partial charge in [-0.15, -0.1) is 0 Å². The summed E-state index contributed by atoms with van der Waals surface area (Å²) in [5.41, 5.74) is 0. The second kappa shape index (κ2) is 3.35. The highest BCUT2D eigenvalue weighted by atomic mass is 32.5. The molecule has 2 aliphatic heterocycles. The van der Waals surface area contributed by atoms with Crippen molar-refractivity contribution in [2.75, 3.05) is 32.8 Å². The van der Waals surface area contributed by atoms with Crippen LogP contribution in [-0.4, -0.2) is 42.1 Å². The molecule has 0 radical (unpaired) electrons. The van der Waals surface area contributed by atoms with Gasteiger partial charge in [-0.2, -0.15) is 0 Å². The summed E-state index contributed by atoms with van der Waals surface area (Å²) in [6.07, 6.45) is 1.07. The molecular weight excluding hydrogens is 191 g/mol. The maximum atomic E-state index is 5.80. The van der Waals surface area contributed by atoms with E-state index in [1.54, 1.807) is 0 Å². The van der Waals surface area contributed by atoms with Crippen LogP contribution in [0.5, 0.6) is 0 Å². The number of nitrogens with zero attached hydrogens (tertiary/aromatic N) is 2. The zero-order chi connectivity index (χ0) is 8.60. The first-order valence-electron chi connectivity index (χ1n) is 4.53. The fourth-order valence-corrected chi connectivity index (χ4v) is 4.65. The highest BCUT2D eigenvalue weighted by Gasteiger charge is 2.44. The Morgan fingerprint density at radius 2 is 1.75 bits per heavy atom. The van der Waals surface area contributed by atoms with Crippen LogP contribution in [0.1, 0.15) is 13.3 Å². The summed E-state index contributed by atoms with van der Waals surface area (Å²) in [7, 11) is 0. The van der Waals surface area contributed by atoms with E-state index in [1.165, 1.54) is 0 Å². The molecule has 0 aliphatic carbocycles. The minimum Gasteiger partial charge on any atom is -0.327 e. The molecule has 0 spiro atoms. The molecule has 5 heteroatoms. The van der Waals surface area contributed by atoms with Gasteiger partial charge in [0.05, 0.1) is 6.61 Å². The van der Waals surface area contributed by atoms with Gasteiger partial charge in [-0.1, -0.05) is 6.92 Å². The molecule has 0 atom stereocenters. The quantitative estimate of drug-likeness (QED) is 0.497. The third-order valence-corrected chi connectivity index (χ3v) is 6.48. The van der Waals surface area contributed by atoms with E-state index in [4.69, 9.17) is 16.3 Å². The van der Waals surface area contributed by atoms with Gasteiger partial charge in [-0.3, -0.25) is 0 Å². The molecule has 0 unspecified atom stereocenters. The van der Waals surface area contributed by atoms with Gasteiger partial charge in [0.1, 0.15) is 0 Å². The minimum absolute atomic E-state index is 0.824. The van der Waals surface area contributed by atoms with Crippen LogP contribution in [0.15, 0.2) is 0 Å². The lowest BCUT2D eigenvalue weighted by Crippen LogP contribution is -2.07. The van der Waals surface area contributed by atoms with Crippen LogP contribution in [0.3, 0.4) is 0 Å². The van der Waals surface area contributed by atoms with Crippen molar-refractivity contribution in [3.8, 4) is 0 Å². The van der Waals surface area contributed by atoms with Gasteiger partial charge in [-0.25, -0.2) is 9.34 Å². The van der Waals surface area contributed by atoms with Gasteiger partial charge in [0.15, 0.2) is 0 Å². The summed E-state index contributed by atoms with van der Waals surface area (Å²) in [6.45, 7) is 5.90. The Bertz CT molecular complexity index is 199. The molecule has 0 bridgehead atoms. The maximum absolute atomic E-state index is 5.80. The van der Waals surface area contributed by atoms with Crippen LogP contribution < -0.4 is 0 Å². The molecule has 3 nitrogen and oxygen atoms in total. The van der Waals surface area contributed by atoms with Crippen LogP contribution in [0, 0.1) is 0 Å². The van der Waals surface area contributed by atoms with E-state index in [-0.39, 0.29) is 0 Å². The van der Waals surface area contributed by atoms with Crippen LogP contribution >= 0.6 is 6.57 Å². The van der Waals surface area contributed by atoms with Crippen molar-refractivity contribution in [3.05, 3.63) is 0 Å². The fourth-order valence-electron chi connectivity index (χ4n) is 1.15. The van der Waals surface area contributed by atoms with E-state index in [0.29, 0.717) is 0 Å². The zero-order valence-electron chi connectivity index (χ0n) is 7.40. The Hall–Kier alpha value is 0.530. The average molecular weight is 206 g/mol. The first-order valence-corrected chi connectivity index (χ1v) is 7.15. The van der Waals surface area contributed by atoms with Crippen molar-refractivity contribution in [1.29, 1.82) is 0 Å². The Morgan fingerprint density at radius 3 is 2.08 bits per heavy atom. The lowest BCUT2D eigenvalue weighted by atomic mass is 10.5. The summed E-state index contributed by atoms with van der Waals surface area (Å²) >= 11 is 5.58. The molecule has 0 aromatic carbocycles. The normalized spacial score (nSPS) is 24.4. The third kappa shape index (κ3) is 1.73. The molecule has 0 saturated carbocycles. The second-order valence-electron chi connectivity index (χ2n) is 3.23. The Labute approximate surface area is 78.9 Å². The van der Waals surface area contributed by atoms with Gasteiger partial charge in [0, 0.05) is 26.2 Å². The fraction of sp³-hybridized carbons (Fsp3) is 1.00. The molecule has 2 aliphatic rings. The monoisotopic (exact) mass is 206 g/mol. The predicted molar refractivity (Wildman–Crippen MR) is 53.7 cm³/mol. The van der Waals surface area contributed by atoms with Crippen molar-refractivity contribution in [2.45, 2.75) is 13.3 Å². The molecule has 2 heterocycles. The second-order valence-corrected chi connectivity index (χ2v) is 7.03. The maximum Gasteiger partial charge on any atom is 0.203 e. The Balaban J connectivity index is 1.95. The van der Waals surface area contributed by atoms with E-state index < -0.39 is 6.57 Å². The van der Waals surface area contributed by atoms with E-state index in [1.807, 2.05) is 0 Å². The summed E-state index contributed by atoms with van der Waals surface area (Å²) in [4.78, 5) is 0.